The second kappa shape index (κ2) is 5.00. The molecule has 3 aromatic heterocycles. The van der Waals surface area contributed by atoms with Gasteiger partial charge in [0.25, 0.3) is 5.88 Å². The van der Waals surface area contributed by atoms with Crippen molar-refractivity contribution in [1.82, 2.24) is 24.6 Å². The van der Waals surface area contributed by atoms with Gasteiger partial charge in [0.2, 0.25) is 5.65 Å². The van der Waals surface area contributed by atoms with Gasteiger partial charge in [0, 0.05) is 29.7 Å². The first-order chi connectivity index (χ1) is 10.9. The van der Waals surface area contributed by atoms with Gasteiger partial charge in [0.15, 0.2) is 0 Å². The Hall–Kier alpha value is -3.15. The van der Waals surface area contributed by atoms with E-state index in [1.54, 1.807) is 19.5 Å². The molecule has 22 heavy (non-hydrogen) atoms. The lowest BCUT2D eigenvalue weighted by Gasteiger charge is -2.05. The maximum atomic E-state index is 5.25. The van der Waals surface area contributed by atoms with Crippen LogP contribution >= 0.6 is 0 Å². The molecular weight excluding hydrogens is 278 g/mol. The molecular formula is C16H13N5O. The van der Waals surface area contributed by atoms with E-state index < -0.39 is 0 Å². The fourth-order valence-corrected chi connectivity index (χ4v) is 2.52. The van der Waals surface area contributed by atoms with E-state index in [1.807, 2.05) is 35.0 Å². The van der Waals surface area contributed by atoms with Gasteiger partial charge >= 0.3 is 0 Å². The average molecular weight is 291 g/mol. The number of benzene rings is 1. The molecule has 0 bridgehead atoms. The number of imidazole rings is 1. The van der Waals surface area contributed by atoms with E-state index in [-0.39, 0.29) is 0 Å². The second-order valence-corrected chi connectivity index (χ2v) is 4.82. The Kier molecular flexibility index (Phi) is 2.86. The van der Waals surface area contributed by atoms with Crippen molar-refractivity contribution in [2.45, 2.75) is 0 Å². The Morgan fingerprint density at radius 1 is 1.09 bits per heavy atom. The third-order valence-electron chi connectivity index (χ3n) is 3.56. The molecule has 108 valence electrons. The highest BCUT2D eigenvalue weighted by molar-refractivity contribution is 5.71. The molecule has 1 aromatic carbocycles. The number of aromatic amines is 1. The summed E-state index contributed by atoms with van der Waals surface area (Å²) >= 11 is 0. The van der Waals surface area contributed by atoms with Crippen LogP contribution in [0.25, 0.3) is 28.2 Å². The Bertz CT molecular complexity index is 927. The predicted molar refractivity (Wildman–Crippen MR) is 82.6 cm³/mol. The molecule has 0 saturated heterocycles. The molecule has 0 spiro atoms. The molecule has 3 heterocycles. The van der Waals surface area contributed by atoms with Crippen molar-refractivity contribution in [3.63, 3.8) is 0 Å². The quantitative estimate of drug-likeness (QED) is 0.630. The lowest BCUT2D eigenvalue weighted by molar-refractivity contribution is 0.400. The minimum absolute atomic E-state index is 0.512. The number of fused-ring (bicyclic) bond motifs is 1. The van der Waals surface area contributed by atoms with Crippen LogP contribution in [0.5, 0.6) is 5.88 Å². The molecule has 0 unspecified atom stereocenters. The van der Waals surface area contributed by atoms with Crippen LogP contribution in [-0.2, 0) is 0 Å². The lowest BCUT2D eigenvalue weighted by atomic mass is 10.1. The smallest absolute Gasteiger partial charge is 0.258 e. The molecule has 0 atom stereocenters. The summed E-state index contributed by atoms with van der Waals surface area (Å²) in [5, 5.41) is 6.98. The zero-order valence-corrected chi connectivity index (χ0v) is 11.9. The summed E-state index contributed by atoms with van der Waals surface area (Å²) in [7, 11) is 1.59. The standard InChI is InChI=1S/C16H13N5O/c1-22-16-15-18-10-14(21(15)8-7-17-16)12-4-2-3-11(9-12)13-5-6-19-20-13/h2-10H,1H3,(H,19,20). The largest absolute Gasteiger partial charge is 0.478 e. The molecule has 0 aliphatic carbocycles. The van der Waals surface area contributed by atoms with E-state index in [2.05, 4.69) is 32.3 Å². The predicted octanol–water partition coefficient (Wildman–Crippen LogP) is 2.79. The maximum absolute atomic E-state index is 5.25. The number of methoxy groups -OCH3 is 1. The van der Waals surface area contributed by atoms with Crippen LogP contribution in [0.1, 0.15) is 0 Å². The molecule has 0 radical (unpaired) electrons. The number of nitrogens with one attached hydrogen (secondary N) is 1. The Labute approximate surface area is 126 Å². The SMILES string of the molecule is COc1nccn2c(-c3cccc(-c4ccn[nH]4)c3)cnc12. The molecule has 0 saturated carbocycles. The molecule has 0 aliphatic rings. The number of nitrogens with zero attached hydrogens (tertiary/aromatic N) is 4. The fraction of sp³-hybridized carbons (Fsp3) is 0.0625. The van der Waals surface area contributed by atoms with Crippen LogP contribution in [0.4, 0.5) is 0 Å². The zero-order chi connectivity index (χ0) is 14.9. The maximum Gasteiger partial charge on any atom is 0.258 e. The summed E-state index contributed by atoms with van der Waals surface area (Å²) in [4.78, 5) is 8.59. The van der Waals surface area contributed by atoms with Crippen molar-refractivity contribution in [1.29, 1.82) is 0 Å². The normalized spacial score (nSPS) is 11.0. The zero-order valence-electron chi connectivity index (χ0n) is 11.9. The van der Waals surface area contributed by atoms with Gasteiger partial charge in [-0.25, -0.2) is 9.97 Å². The molecule has 6 heteroatoms. The molecule has 0 fully saturated rings. The second-order valence-electron chi connectivity index (χ2n) is 4.82. The van der Waals surface area contributed by atoms with Crippen LogP contribution in [0, 0.1) is 0 Å². The van der Waals surface area contributed by atoms with E-state index in [1.165, 1.54) is 0 Å². The highest BCUT2D eigenvalue weighted by Crippen LogP contribution is 2.27. The van der Waals surface area contributed by atoms with Crippen LogP contribution < -0.4 is 4.74 Å². The average Bonchev–Trinajstić information content (AvgIpc) is 3.24. The van der Waals surface area contributed by atoms with Gasteiger partial charge in [-0.05, 0) is 12.1 Å². The Morgan fingerprint density at radius 2 is 2.00 bits per heavy atom. The third-order valence-corrected chi connectivity index (χ3v) is 3.56. The van der Waals surface area contributed by atoms with Crippen molar-refractivity contribution in [2.24, 2.45) is 0 Å². The van der Waals surface area contributed by atoms with E-state index in [0.717, 1.165) is 22.5 Å². The number of H-pyrrole nitrogens is 1. The lowest BCUT2D eigenvalue weighted by Crippen LogP contribution is -1.94. The van der Waals surface area contributed by atoms with Gasteiger partial charge in [0.05, 0.1) is 24.7 Å². The summed E-state index contributed by atoms with van der Waals surface area (Å²) in [5.74, 6) is 0.512. The van der Waals surface area contributed by atoms with Crippen molar-refractivity contribution in [3.8, 4) is 28.4 Å². The van der Waals surface area contributed by atoms with E-state index >= 15 is 0 Å². The summed E-state index contributed by atoms with van der Waals surface area (Å²) in [6.07, 6.45) is 7.15. The van der Waals surface area contributed by atoms with Crippen LogP contribution in [0.15, 0.2) is 55.1 Å². The Morgan fingerprint density at radius 3 is 2.82 bits per heavy atom. The Balaban J connectivity index is 1.88. The van der Waals surface area contributed by atoms with Crippen molar-refractivity contribution in [3.05, 3.63) is 55.1 Å². The van der Waals surface area contributed by atoms with Crippen molar-refractivity contribution >= 4 is 5.65 Å². The van der Waals surface area contributed by atoms with Crippen LogP contribution in [-0.4, -0.2) is 31.7 Å². The van der Waals surface area contributed by atoms with Gasteiger partial charge in [-0.2, -0.15) is 5.10 Å². The van der Waals surface area contributed by atoms with E-state index in [9.17, 15) is 0 Å². The molecule has 0 amide bonds. The minimum atomic E-state index is 0.512. The number of ether oxygens (including phenoxy) is 1. The number of aromatic nitrogens is 5. The monoisotopic (exact) mass is 291 g/mol. The summed E-state index contributed by atoms with van der Waals surface area (Å²) in [6, 6.07) is 10.2. The number of hydrogen-bond donors (Lipinski definition) is 1. The van der Waals surface area contributed by atoms with Gasteiger partial charge in [-0.15, -0.1) is 0 Å². The van der Waals surface area contributed by atoms with Crippen molar-refractivity contribution in [2.75, 3.05) is 7.11 Å². The summed E-state index contributed by atoms with van der Waals surface area (Å²) in [6.45, 7) is 0. The van der Waals surface area contributed by atoms with Crippen LogP contribution in [0.3, 0.4) is 0 Å². The first kappa shape index (κ1) is 12.6. The first-order valence-corrected chi connectivity index (χ1v) is 6.83. The van der Waals surface area contributed by atoms with Gasteiger partial charge in [0.1, 0.15) is 0 Å². The molecule has 6 nitrogen and oxygen atoms in total. The third kappa shape index (κ3) is 1.93. The van der Waals surface area contributed by atoms with E-state index in [4.69, 9.17) is 4.74 Å². The van der Waals surface area contributed by atoms with Crippen molar-refractivity contribution < 1.29 is 4.74 Å². The number of rotatable bonds is 3. The highest BCUT2D eigenvalue weighted by Gasteiger charge is 2.11. The van der Waals surface area contributed by atoms with Gasteiger partial charge < -0.3 is 4.74 Å². The van der Waals surface area contributed by atoms with Gasteiger partial charge in [-0.3, -0.25) is 9.50 Å². The summed E-state index contributed by atoms with van der Waals surface area (Å²) in [5.41, 5.74) is 4.80. The molecule has 1 N–H and O–H groups in total. The molecule has 0 aliphatic heterocycles. The van der Waals surface area contributed by atoms with Gasteiger partial charge in [-0.1, -0.05) is 18.2 Å². The fourth-order valence-electron chi connectivity index (χ4n) is 2.52. The highest BCUT2D eigenvalue weighted by atomic mass is 16.5. The van der Waals surface area contributed by atoms with E-state index in [0.29, 0.717) is 11.5 Å². The first-order valence-electron chi connectivity index (χ1n) is 6.83. The van der Waals surface area contributed by atoms with Crippen LogP contribution in [0.2, 0.25) is 0 Å². The number of hydrogen-bond acceptors (Lipinski definition) is 4. The molecule has 4 rings (SSSR count). The summed E-state index contributed by atoms with van der Waals surface area (Å²) < 4.78 is 7.22. The molecule has 4 aromatic rings. The topological polar surface area (TPSA) is 68.1 Å². The minimum Gasteiger partial charge on any atom is -0.478 e.